The van der Waals surface area contributed by atoms with Gasteiger partial charge < -0.3 is 10.4 Å². The molecule has 0 amide bonds. The molecule has 1 aromatic heterocycles. The second kappa shape index (κ2) is 5.79. The molecule has 0 unspecified atom stereocenters. The Bertz CT molecular complexity index is 677. The number of hydrogen-bond acceptors (Lipinski definition) is 5. The smallest absolute Gasteiger partial charge is 0.358 e. The summed E-state index contributed by atoms with van der Waals surface area (Å²) >= 11 is 0. The zero-order valence-corrected chi connectivity index (χ0v) is 10.2. The predicted molar refractivity (Wildman–Crippen MR) is 66.6 cm³/mol. The third kappa shape index (κ3) is 3.08. The standard InChI is InChI=1S/C12H10FN5O2/c13-9-1-2-10(8(5-9)6-14)15-3-4-18-7-11(12(19)20)16-17-18/h1-2,5,7,15H,3-4H2,(H,19,20). The minimum absolute atomic E-state index is 0.135. The lowest BCUT2D eigenvalue weighted by Crippen LogP contribution is -2.12. The number of aromatic carboxylic acids is 1. The Balaban J connectivity index is 1.96. The monoisotopic (exact) mass is 275 g/mol. The van der Waals surface area contributed by atoms with Gasteiger partial charge in [-0.3, -0.25) is 0 Å². The Morgan fingerprint density at radius 3 is 3.00 bits per heavy atom. The molecule has 0 radical (unpaired) electrons. The van der Waals surface area contributed by atoms with Crippen LogP contribution in [-0.4, -0.2) is 32.6 Å². The molecular formula is C12H10FN5O2. The van der Waals surface area contributed by atoms with Crippen molar-refractivity contribution in [2.24, 2.45) is 0 Å². The molecule has 0 atom stereocenters. The number of nitriles is 1. The maximum absolute atomic E-state index is 12.9. The number of anilines is 1. The highest BCUT2D eigenvalue weighted by molar-refractivity contribution is 5.84. The highest BCUT2D eigenvalue weighted by atomic mass is 19.1. The van der Waals surface area contributed by atoms with Gasteiger partial charge in [0.2, 0.25) is 0 Å². The first-order valence-electron chi connectivity index (χ1n) is 5.67. The molecule has 0 saturated carbocycles. The molecule has 0 aliphatic heterocycles. The number of nitrogens with one attached hydrogen (secondary N) is 1. The van der Waals surface area contributed by atoms with Crippen molar-refractivity contribution >= 4 is 11.7 Å². The van der Waals surface area contributed by atoms with Gasteiger partial charge in [0.05, 0.1) is 24.0 Å². The van der Waals surface area contributed by atoms with Crippen LogP contribution in [0.1, 0.15) is 16.1 Å². The Kier molecular flexibility index (Phi) is 3.91. The van der Waals surface area contributed by atoms with Crippen LogP contribution < -0.4 is 5.32 Å². The van der Waals surface area contributed by atoms with Crippen LogP contribution in [0, 0.1) is 17.1 Å². The Hall–Kier alpha value is -2.95. The van der Waals surface area contributed by atoms with Gasteiger partial charge in [0, 0.05) is 6.54 Å². The molecule has 0 fully saturated rings. The molecular weight excluding hydrogens is 265 g/mol. The number of carboxylic acid groups (broad SMARTS) is 1. The summed E-state index contributed by atoms with van der Waals surface area (Å²) in [7, 11) is 0. The van der Waals surface area contributed by atoms with Gasteiger partial charge in [0.15, 0.2) is 5.69 Å². The maximum Gasteiger partial charge on any atom is 0.358 e. The van der Waals surface area contributed by atoms with E-state index >= 15 is 0 Å². The molecule has 2 rings (SSSR count). The van der Waals surface area contributed by atoms with E-state index in [2.05, 4.69) is 15.6 Å². The average Bonchev–Trinajstić information content (AvgIpc) is 2.89. The average molecular weight is 275 g/mol. The van der Waals surface area contributed by atoms with E-state index in [-0.39, 0.29) is 11.3 Å². The molecule has 7 nitrogen and oxygen atoms in total. The van der Waals surface area contributed by atoms with Crippen LogP contribution in [-0.2, 0) is 6.54 Å². The molecule has 1 aromatic carbocycles. The third-order valence-electron chi connectivity index (χ3n) is 2.52. The summed E-state index contributed by atoms with van der Waals surface area (Å²) < 4.78 is 14.3. The Labute approximate surface area is 113 Å². The van der Waals surface area contributed by atoms with Crippen LogP contribution in [0.2, 0.25) is 0 Å². The molecule has 0 aliphatic carbocycles. The summed E-state index contributed by atoms with van der Waals surface area (Å²) in [6.45, 7) is 0.755. The van der Waals surface area contributed by atoms with Crippen molar-refractivity contribution in [2.75, 3.05) is 11.9 Å². The minimum atomic E-state index is -1.14. The van der Waals surface area contributed by atoms with E-state index in [1.54, 1.807) is 0 Å². The van der Waals surface area contributed by atoms with Gasteiger partial charge in [-0.25, -0.2) is 13.9 Å². The first-order chi connectivity index (χ1) is 9.60. The van der Waals surface area contributed by atoms with Crippen molar-refractivity contribution in [3.63, 3.8) is 0 Å². The van der Waals surface area contributed by atoms with Crippen LogP contribution in [0.15, 0.2) is 24.4 Å². The van der Waals surface area contributed by atoms with Gasteiger partial charge in [-0.1, -0.05) is 5.21 Å². The lowest BCUT2D eigenvalue weighted by atomic mass is 10.2. The van der Waals surface area contributed by atoms with E-state index < -0.39 is 11.8 Å². The number of carboxylic acids is 1. The van der Waals surface area contributed by atoms with Crippen LogP contribution in [0.4, 0.5) is 10.1 Å². The fourth-order valence-corrected chi connectivity index (χ4v) is 1.57. The lowest BCUT2D eigenvalue weighted by Gasteiger charge is -2.07. The molecule has 2 aromatic rings. The van der Waals surface area contributed by atoms with Crippen molar-refractivity contribution in [3.05, 3.63) is 41.5 Å². The van der Waals surface area contributed by atoms with Crippen molar-refractivity contribution in [3.8, 4) is 6.07 Å². The SMILES string of the molecule is N#Cc1cc(F)ccc1NCCn1cc(C(=O)O)nn1. The van der Waals surface area contributed by atoms with Crippen LogP contribution in [0.5, 0.6) is 0 Å². The summed E-state index contributed by atoms with van der Waals surface area (Å²) in [5, 5.41) is 27.6. The van der Waals surface area contributed by atoms with Gasteiger partial charge >= 0.3 is 5.97 Å². The first kappa shape index (κ1) is 13.5. The molecule has 8 heteroatoms. The van der Waals surface area contributed by atoms with E-state index in [4.69, 9.17) is 10.4 Å². The largest absolute Gasteiger partial charge is 0.476 e. The Morgan fingerprint density at radius 1 is 1.55 bits per heavy atom. The normalized spacial score (nSPS) is 10.0. The zero-order valence-electron chi connectivity index (χ0n) is 10.2. The number of aromatic nitrogens is 3. The molecule has 102 valence electrons. The summed E-state index contributed by atoms with van der Waals surface area (Å²) in [4.78, 5) is 10.6. The fraction of sp³-hybridized carbons (Fsp3) is 0.167. The molecule has 2 N–H and O–H groups in total. The number of hydrogen-bond donors (Lipinski definition) is 2. The first-order valence-corrected chi connectivity index (χ1v) is 5.67. The van der Waals surface area contributed by atoms with Gasteiger partial charge in [0.1, 0.15) is 11.9 Å². The van der Waals surface area contributed by atoms with Crippen LogP contribution in [0.25, 0.3) is 0 Å². The van der Waals surface area contributed by atoms with Crippen LogP contribution in [0.3, 0.4) is 0 Å². The molecule has 0 aliphatic rings. The van der Waals surface area contributed by atoms with E-state index in [9.17, 15) is 9.18 Å². The second-order valence-electron chi connectivity index (χ2n) is 3.90. The summed E-state index contributed by atoms with van der Waals surface area (Å²) in [5.74, 6) is -1.62. The maximum atomic E-state index is 12.9. The molecule has 0 spiro atoms. The van der Waals surface area contributed by atoms with E-state index in [0.29, 0.717) is 18.8 Å². The number of rotatable bonds is 5. The number of benzene rings is 1. The topological polar surface area (TPSA) is 104 Å². The summed E-state index contributed by atoms with van der Waals surface area (Å²) in [6, 6.07) is 5.75. The highest BCUT2D eigenvalue weighted by Gasteiger charge is 2.08. The predicted octanol–water partition coefficient (Wildman–Crippen LogP) is 1.10. The fourth-order valence-electron chi connectivity index (χ4n) is 1.57. The van der Waals surface area contributed by atoms with Crippen molar-refractivity contribution < 1.29 is 14.3 Å². The van der Waals surface area contributed by atoms with E-state index in [1.807, 2.05) is 6.07 Å². The summed E-state index contributed by atoms with van der Waals surface area (Å²) in [5.41, 5.74) is 0.576. The lowest BCUT2D eigenvalue weighted by molar-refractivity contribution is 0.0690. The van der Waals surface area contributed by atoms with Gasteiger partial charge in [-0.05, 0) is 18.2 Å². The summed E-state index contributed by atoms with van der Waals surface area (Å²) in [6.07, 6.45) is 1.31. The van der Waals surface area contributed by atoms with Crippen molar-refractivity contribution in [1.29, 1.82) is 5.26 Å². The minimum Gasteiger partial charge on any atom is -0.476 e. The zero-order chi connectivity index (χ0) is 14.5. The quantitative estimate of drug-likeness (QED) is 0.846. The van der Waals surface area contributed by atoms with Crippen LogP contribution >= 0.6 is 0 Å². The molecule has 20 heavy (non-hydrogen) atoms. The van der Waals surface area contributed by atoms with Gasteiger partial charge in [-0.15, -0.1) is 5.10 Å². The van der Waals surface area contributed by atoms with Crippen molar-refractivity contribution in [1.82, 2.24) is 15.0 Å². The van der Waals surface area contributed by atoms with E-state index in [0.717, 1.165) is 6.07 Å². The molecule has 0 saturated heterocycles. The molecule has 1 heterocycles. The highest BCUT2D eigenvalue weighted by Crippen LogP contribution is 2.15. The van der Waals surface area contributed by atoms with E-state index in [1.165, 1.54) is 23.0 Å². The number of halogens is 1. The van der Waals surface area contributed by atoms with Gasteiger partial charge in [0.25, 0.3) is 0 Å². The second-order valence-corrected chi connectivity index (χ2v) is 3.90. The van der Waals surface area contributed by atoms with Crippen molar-refractivity contribution in [2.45, 2.75) is 6.54 Å². The van der Waals surface area contributed by atoms with Gasteiger partial charge in [-0.2, -0.15) is 5.26 Å². The third-order valence-corrected chi connectivity index (χ3v) is 2.52. The number of carbonyl (C=O) groups is 1. The Morgan fingerprint density at radius 2 is 2.35 bits per heavy atom. The number of nitrogens with zero attached hydrogens (tertiary/aromatic N) is 4. The molecule has 0 bridgehead atoms.